The Labute approximate surface area is 202 Å². The van der Waals surface area contributed by atoms with Gasteiger partial charge in [0.1, 0.15) is 11.4 Å². The minimum Gasteiger partial charge on any atom is -0.468 e. The predicted octanol–water partition coefficient (Wildman–Crippen LogP) is 4.33. The number of ether oxygens (including phenoxy) is 2. The van der Waals surface area contributed by atoms with E-state index in [0.29, 0.717) is 22.9 Å². The lowest BCUT2D eigenvalue weighted by molar-refractivity contribution is -0.138. The fraction of sp³-hybridized carbons (Fsp3) is 0.542. The Balaban J connectivity index is 1.36. The minimum atomic E-state index is -3.29. The van der Waals surface area contributed by atoms with Crippen molar-refractivity contribution in [1.29, 1.82) is 0 Å². The van der Waals surface area contributed by atoms with Crippen LogP contribution in [0.25, 0.3) is 0 Å². The number of anilines is 1. The number of alkyl halides is 2. The number of carbonyl (C=O) groups is 2. The number of carbonyl (C=O) groups excluding carboxylic acids is 2. The van der Waals surface area contributed by atoms with Crippen molar-refractivity contribution < 1.29 is 27.8 Å². The van der Waals surface area contributed by atoms with Gasteiger partial charge in [0.25, 0.3) is 5.91 Å². The molecule has 188 valence electrons. The maximum absolute atomic E-state index is 14.7. The highest BCUT2D eigenvalue weighted by Crippen LogP contribution is 2.37. The molecule has 1 aliphatic heterocycles. The first-order chi connectivity index (χ1) is 16.4. The maximum atomic E-state index is 14.7. The average molecular weight is 490 g/mol. The third-order valence-corrected chi connectivity index (χ3v) is 5.63. The molecule has 2 aromatic rings. The quantitative estimate of drug-likeness (QED) is 0.666. The van der Waals surface area contributed by atoms with Crippen LogP contribution in [0, 0.1) is 6.92 Å². The molecule has 1 unspecified atom stereocenters. The predicted molar refractivity (Wildman–Crippen MR) is 123 cm³/mol. The molecule has 2 aromatic heterocycles. The summed E-state index contributed by atoms with van der Waals surface area (Å²) in [6.07, 6.45) is 2.80. The van der Waals surface area contributed by atoms with E-state index in [0.717, 1.165) is 23.6 Å². The Bertz CT molecular complexity index is 1100. The summed E-state index contributed by atoms with van der Waals surface area (Å²) in [4.78, 5) is 38.4. The van der Waals surface area contributed by atoms with Crippen LogP contribution in [0.15, 0.2) is 24.5 Å². The number of aryl methyl sites for hydroxylation is 1. The van der Waals surface area contributed by atoms with Crippen LogP contribution in [0.2, 0.25) is 0 Å². The van der Waals surface area contributed by atoms with Crippen molar-refractivity contribution >= 4 is 17.7 Å². The molecule has 1 atom stereocenters. The molecule has 0 radical (unpaired) electrons. The zero-order valence-electron chi connectivity index (χ0n) is 20.2. The van der Waals surface area contributed by atoms with Crippen LogP contribution in [0.5, 0.6) is 5.88 Å². The second kappa shape index (κ2) is 9.35. The van der Waals surface area contributed by atoms with Crippen LogP contribution in [0.4, 0.5) is 19.3 Å². The molecule has 1 aliphatic carbocycles. The van der Waals surface area contributed by atoms with E-state index in [1.54, 1.807) is 33.8 Å². The van der Waals surface area contributed by atoms with Gasteiger partial charge in [0.05, 0.1) is 23.5 Å². The second-order valence-corrected chi connectivity index (χ2v) is 9.90. The smallest absolute Gasteiger partial charge is 0.410 e. The standard InChI is InChI=1S/C24H29F2N5O4/c1-14-17(30-21(32)16-11-27-20(28-12-16)15-5-6-15)7-8-19(29-14)34-18-9-10-31(13-24(18,25)26)22(33)35-23(2,3)4/h7-8,11-12,15,18H,5-6,9-10,13H2,1-4H3,(H,30,32). The van der Waals surface area contributed by atoms with Crippen LogP contribution in [-0.4, -0.2) is 62.6 Å². The van der Waals surface area contributed by atoms with Crippen LogP contribution >= 0.6 is 0 Å². The van der Waals surface area contributed by atoms with Crippen LogP contribution in [-0.2, 0) is 4.74 Å². The van der Waals surface area contributed by atoms with Gasteiger partial charge in [-0.05, 0) is 46.6 Å². The number of halogens is 2. The number of aromatic nitrogens is 3. The third-order valence-electron chi connectivity index (χ3n) is 5.63. The van der Waals surface area contributed by atoms with E-state index >= 15 is 0 Å². The number of amides is 2. The van der Waals surface area contributed by atoms with Crippen molar-refractivity contribution in [3.05, 3.63) is 41.6 Å². The van der Waals surface area contributed by atoms with E-state index < -0.39 is 36.2 Å². The highest BCUT2D eigenvalue weighted by molar-refractivity contribution is 6.04. The first-order valence-electron chi connectivity index (χ1n) is 11.5. The maximum Gasteiger partial charge on any atom is 0.410 e. The number of rotatable bonds is 5. The van der Waals surface area contributed by atoms with Gasteiger partial charge in [-0.25, -0.2) is 28.5 Å². The topological polar surface area (TPSA) is 107 Å². The van der Waals surface area contributed by atoms with E-state index in [2.05, 4.69) is 20.3 Å². The molecule has 1 saturated heterocycles. The van der Waals surface area contributed by atoms with E-state index in [1.165, 1.54) is 18.5 Å². The van der Waals surface area contributed by atoms with Gasteiger partial charge in [0.2, 0.25) is 5.88 Å². The van der Waals surface area contributed by atoms with Crippen molar-refractivity contribution in [2.75, 3.05) is 18.4 Å². The number of piperidine rings is 1. The first kappa shape index (κ1) is 24.7. The van der Waals surface area contributed by atoms with Crippen molar-refractivity contribution in [2.45, 2.75) is 70.5 Å². The summed E-state index contributed by atoms with van der Waals surface area (Å²) in [7, 11) is 0. The molecule has 4 rings (SSSR count). The fourth-order valence-electron chi connectivity index (χ4n) is 3.63. The van der Waals surface area contributed by atoms with Gasteiger partial charge in [-0.3, -0.25) is 4.79 Å². The molecular formula is C24H29F2N5O4. The third kappa shape index (κ3) is 6.20. The number of likely N-dealkylation sites (tertiary alicyclic amines) is 1. The van der Waals surface area contributed by atoms with Crippen molar-refractivity contribution in [1.82, 2.24) is 19.9 Å². The highest BCUT2D eigenvalue weighted by atomic mass is 19.3. The van der Waals surface area contributed by atoms with Crippen molar-refractivity contribution in [3.8, 4) is 5.88 Å². The Morgan fingerprint density at radius 3 is 2.40 bits per heavy atom. The van der Waals surface area contributed by atoms with Crippen LogP contribution < -0.4 is 10.1 Å². The molecule has 9 nitrogen and oxygen atoms in total. The highest BCUT2D eigenvalue weighted by Gasteiger charge is 2.48. The van der Waals surface area contributed by atoms with Crippen molar-refractivity contribution in [2.24, 2.45) is 0 Å². The molecule has 2 amide bonds. The van der Waals surface area contributed by atoms with E-state index in [1.807, 2.05) is 0 Å². The van der Waals surface area contributed by atoms with Gasteiger partial charge in [-0.1, -0.05) is 0 Å². The van der Waals surface area contributed by atoms with Gasteiger partial charge in [-0.2, -0.15) is 0 Å². The summed E-state index contributed by atoms with van der Waals surface area (Å²) in [5.74, 6) is -2.54. The van der Waals surface area contributed by atoms with E-state index in [4.69, 9.17) is 9.47 Å². The number of hydrogen-bond acceptors (Lipinski definition) is 7. The molecule has 1 saturated carbocycles. The van der Waals surface area contributed by atoms with Gasteiger partial charge in [0.15, 0.2) is 6.10 Å². The molecule has 0 bridgehead atoms. The van der Waals surface area contributed by atoms with E-state index in [-0.39, 0.29) is 18.8 Å². The summed E-state index contributed by atoms with van der Waals surface area (Å²) in [6, 6.07) is 2.97. The SMILES string of the molecule is Cc1nc(OC2CCN(C(=O)OC(C)(C)C)CC2(F)F)ccc1NC(=O)c1cnc(C2CC2)nc1. The minimum absolute atomic E-state index is 0.00742. The molecule has 0 spiro atoms. The summed E-state index contributed by atoms with van der Waals surface area (Å²) in [5.41, 5.74) is 0.359. The first-order valence-corrected chi connectivity index (χ1v) is 11.5. The Morgan fingerprint density at radius 1 is 1.14 bits per heavy atom. The zero-order chi connectivity index (χ0) is 25.4. The van der Waals surface area contributed by atoms with Crippen molar-refractivity contribution in [3.63, 3.8) is 0 Å². The zero-order valence-corrected chi connectivity index (χ0v) is 20.2. The molecule has 0 aromatic carbocycles. The van der Waals surface area contributed by atoms with Crippen LogP contribution in [0.1, 0.15) is 67.8 Å². The normalized spacial score (nSPS) is 19.7. The van der Waals surface area contributed by atoms with E-state index in [9.17, 15) is 18.4 Å². The lowest BCUT2D eigenvalue weighted by Gasteiger charge is -2.38. The van der Waals surface area contributed by atoms with Gasteiger partial charge in [0, 0.05) is 37.3 Å². The Hall–Kier alpha value is -3.37. The fourth-order valence-corrected chi connectivity index (χ4v) is 3.63. The summed E-state index contributed by atoms with van der Waals surface area (Å²) in [6.45, 7) is 5.94. The summed E-state index contributed by atoms with van der Waals surface area (Å²) < 4.78 is 40.2. The average Bonchev–Trinajstić information content (AvgIpc) is 3.61. The Kier molecular flexibility index (Phi) is 6.61. The summed E-state index contributed by atoms with van der Waals surface area (Å²) >= 11 is 0. The molecule has 11 heteroatoms. The lowest BCUT2D eigenvalue weighted by atomic mass is 10.0. The molecule has 2 aliphatic rings. The Morgan fingerprint density at radius 2 is 1.83 bits per heavy atom. The number of pyridine rings is 1. The van der Waals surface area contributed by atoms with Gasteiger partial charge < -0.3 is 19.7 Å². The van der Waals surface area contributed by atoms with Crippen LogP contribution in [0.3, 0.4) is 0 Å². The monoisotopic (exact) mass is 489 g/mol. The number of nitrogens with one attached hydrogen (secondary N) is 1. The molecule has 3 heterocycles. The van der Waals surface area contributed by atoms with Gasteiger partial charge >= 0.3 is 12.0 Å². The molecular weight excluding hydrogens is 460 g/mol. The number of hydrogen-bond donors (Lipinski definition) is 1. The van der Waals surface area contributed by atoms with Gasteiger partial charge in [-0.15, -0.1) is 0 Å². The lowest BCUT2D eigenvalue weighted by Crippen LogP contribution is -2.56. The summed E-state index contributed by atoms with van der Waals surface area (Å²) in [5, 5.41) is 2.73. The molecule has 2 fully saturated rings. The molecule has 1 N–H and O–H groups in total. The number of nitrogens with zero attached hydrogens (tertiary/aromatic N) is 4. The second-order valence-electron chi connectivity index (χ2n) is 9.90. The molecule has 35 heavy (non-hydrogen) atoms. The largest absolute Gasteiger partial charge is 0.468 e.